The molecule has 0 saturated heterocycles. The third kappa shape index (κ3) is 8.67. The predicted octanol–water partition coefficient (Wildman–Crippen LogP) is 4.49. The molecule has 0 fully saturated rings. The molecule has 0 atom stereocenters. The van der Waals surface area contributed by atoms with Gasteiger partial charge in [0.1, 0.15) is 11.5 Å². The number of phenolic OH excluding ortho intramolecular Hbond substituents is 2. The summed E-state index contributed by atoms with van der Waals surface area (Å²) in [5.74, 6) is -0.673. The number of aliphatic hydroxyl groups excluding tert-OH is 2. The van der Waals surface area contributed by atoms with Gasteiger partial charge < -0.3 is 25.3 Å². The fraction of sp³-hybridized carbons (Fsp3) is 0.577. The first-order chi connectivity index (χ1) is 15.3. The number of unbranched alkanes of at least 4 members (excludes halogenated alkanes) is 2. The van der Waals surface area contributed by atoms with Crippen LogP contribution < -0.4 is 0 Å². The molecule has 6 nitrogen and oxygen atoms in total. The molecule has 0 bridgehead atoms. The number of phenols is 2. The van der Waals surface area contributed by atoms with E-state index in [1.165, 1.54) is 10.5 Å². The number of aryl methyl sites for hydroxylation is 1. The van der Waals surface area contributed by atoms with Crippen molar-refractivity contribution in [2.75, 3.05) is 26.3 Å². The van der Waals surface area contributed by atoms with Gasteiger partial charge in [-0.1, -0.05) is 43.1 Å². The fourth-order valence-corrected chi connectivity index (χ4v) is 3.63. The second-order valence-corrected chi connectivity index (χ2v) is 8.53. The van der Waals surface area contributed by atoms with E-state index >= 15 is 0 Å². The molecule has 0 saturated carbocycles. The highest BCUT2D eigenvalue weighted by atomic mass is 16.3. The van der Waals surface area contributed by atoms with E-state index in [1.54, 1.807) is 6.07 Å². The van der Waals surface area contributed by atoms with Gasteiger partial charge in [-0.2, -0.15) is 0 Å². The second kappa shape index (κ2) is 14.7. The van der Waals surface area contributed by atoms with E-state index in [0.29, 0.717) is 24.0 Å². The molecule has 0 unspecified atom stereocenters. The van der Waals surface area contributed by atoms with Gasteiger partial charge in [0, 0.05) is 18.7 Å². The Hall–Kier alpha value is -2.31. The zero-order valence-corrected chi connectivity index (χ0v) is 20.2. The molecule has 6 heteroatoms. The SMILES string of the molecule is CCCCCc1cc(O)c(C/C=C(\C)CCC=C(C)C)c(O)c1C(=O)N(CCO)CCO. The highest BCUT2D eigenvalue weighted by Gasteiger charge is 2.25. The van der Waals surface area contributed by atoms with E-state index in [-0.39, 0.29) is 43.4 Å². The van der Waals surface area contributed by atoms with Crippen LogP contribution in [0.15, 0.2) is 29.4 Å². The molecule has 32 heavy (non-hydrogen) atoms. The minimum atomic E-state index is -0.442. The van der Waals surface area contributed by atoms with Crippen LogP contribution in [0.5, 0.6) is 11.5 Å². The minimum Gasteiger partial charge on any atom is -0.508 e. The van der Waals surface area contributed by atoms with Crippen LogP contribution in [0.3, 0.4) is 0 Å². The molecule has 0 aliphatic heterocycles. The highest BCUT2D eigenvalue weighted by molar-refractivity contribution is 5.99. The van der Waals surface area contributed by atoms with E-state index < -0.39 is 5.91 Å². The van der Waals surface area contributed by atoms with Gasteiger partial charge in [-0.15, -0.1) is 0 Å². The Bertz CT molecular complexity index is 788. The maximum absolute atomic E-state index is 13.2. The van der Waals surface area contributed by atoms with Crippen LogP contribution in [0.25, 0.3) is 0 Å². The first-order valence-corrected chi connectivity index (χ1v) is 11.6. The topological polar surface area (TPSA) is 101 Å². The normalized spacial score (nSPS) is 11.5. The van der Waals surface area contributed by atoms with E-state index in [9.17, 15) is 25.2 Å². The van der Waals surface area contributed by atoms with Crippen LogP contribution >= 0.6 is 0 Å². The number of hydrogen-bond acceptors (Lipinski definition) is 5. The quantitative estimate of drug-likeness (QED) is 0.249. The van der Waals surface area contributed by atoms with Crippen molar-refractivity contribution >= 4 is 5.91 Å². The summed E-state index contributed by atoms with van der Waals surface area (Å²) in [4.78, 5) is 14.6. The number of hydrogen-bond donors (Lipinski definition) is 4. The van der Waals surface area contributed by atoms with Crippen LogP contribution in [0.1, 0.15) is 81.3 Å². The van der Waals surface area contributed by atoms with Crippen LogP contribution in [0, 0.1) is 0 Å². The number of carbonyl (C=O) groups excluding carboxylic acids is 1. The first kappa shape index (κ1) is 27.7. The molecule has 0 spiro atoms. The molecule has 0 aromatic heterocycles. The number of amides is 1. The predicted molar refractivity (Wildman–Crippen MR) is 129 cm³/mol. The molecule has 0 aliphatic carbocycles. The summed E-state index contributed by atoms with van der Waals surface area (Å²) in [5, 5.41) is 40.4. The van der Waals surface area contributed by atoms with Gasteiger partial charge in [-0.25, -0.2) is 0 Å². The molecule has 1 rings (SSSR count). The van der Waals surface area contributed by atoms with Crippen molar-refractivity contribution in [1.82, 2.24) is 4.90 Å². The number of aliphatic hydroxyl groups is 2. The molecule has 1 amide bonds. The summed E-state index contributed by atoms with van der Waals surface area (Å²) in [6.45, 7) is 7.87. The number of aromatic hydroxyl groups is 2. The average Bonchev–Trinajstić information content (AvgIpc) is 2.73. The van der Waals surface area contributed by atoms with Gasteiger partial charge in [-0.3, -0.25) is 4.79 Å². The van der Waals surface area contributed by atoms with E-state index in [1.807, 2.05) is 13.0 Å². The first-order valence-electron chi connectivity index (χ1n) is 11.6. The molecular formula is C26H41NO5. The minimum absolute atomic E-state index is 0.0187. The zero-order chi connectivity index (χ0) is 24.1. The maximum Gasteiger partial charge on any atom is 0.258 e. The van der Waals surface area contributed by atoms with Crippen molar-refractivity contribution < 1.29 is 25.2 Å². The summed E-state index contributed by atoms with van der Waals surface area (Å²) in [7, 11) is 0. The van der Waals surface area contributed by atoms with Crippen molar-refractivity contribution in [3.8, 4) is 11.5 Å². The van der Waals surface area contributed by atoms with Gasteiger partial charge in [0.05, 0.1) is 18.8 Å². The summed E-state index contributed by atoms with van der Waals surface area (Å²) < 4.78 is 0. The highest BCUT2D eigenvalue weighted by Crippen LogP contribution is 2.36. The largest absolute Gasteiger partial charge is 0.508 e. The van der Waals surface area contributed by atoms with Crippen LogP contribution in [0.2, 0.25) is 0 Å². The van der Waals surface area contributed by atoms with Gasteiger partial charge in [0.2, 0.25) is 0 Å². The Balaban J connectivity index is 3.31. The lowest BCUT2D eigenvalue weighted by Gasteiger charge is -2.24. The molecule has 4 N–H and O–H groups in total. The summed E-state index contributed by atoms with van der Waals surface area (Å²) in [6, 6.07) is 1.58. The summed E-state index contributed by atoms with van der Waals surface area (Å²) >= 11 is 0. The lowest BCUT2D eigenvalue weighted by Crippen LogP contribution is -2.36. The van der Waals surface area contributed by atoms with Crippen LogP contribution in [-0.4, -0.2) is 57.5 Å². The summed E-state index contributed by atoms with van der Waals surface area (Å²) in [6.07, 6.45) is 9.64. The van der Waals surface area contributed by atoms with Crippen molar-refractivity contribution in [1.29, 1.82) is 0 Å². The standard InChI is InChI=1S/C26H41NO5/c1-5-6-7-11-21-18-23(30)22(13-12-20(4)10-8-9-19(2)3)25(31)24(21)26(32)27(14-16-28)15-17-29/h9,12,18,28-31H,5-8,10-11,13-17H2,1-4H3/b20-12+. The fourth-order valence-electron chi connectivity index (χ4n) is 3.63. The lowest BCUT2D eigenvalue weighted by molar-refractivity contribution is 0.0680. The molecule has 180 valence electrons. The Morgan fingerprint density at radius 1 is 1.03 bits per heavy atom. The van der Waals surface area contributed by atoms with Gasteiger partial charge in [0.25, 0.3) is 5.91 Å². The van der Waals surface area contributed by atoms with Crippen molar-refractivity contribution in [2.45, 2.75) is 72.6 Å². The molecule has 1 aromatic rings. The van der Waals surface area contributed by atoms with Gasteiger partial charge >= 0.3 is 0 Å². The van der Waals surface area contributed by atoms with E-state index in [2.05, 4.69) is 26.8 Å². The van der Waals surface area contributed by atoms with Crippen molar-refractivity contribution in [2.24, 2.45) is 0 Å². The Kier molecular flexibility index (Phi) is 12.7. The number of allylic oxidation sites excluding steroid dienone is 4. The monoisotopic (exact) mass is 447 g/mol. The van der Waals surface area contributed by atoms with Crippen molar-refractivity contribution in [3.05, 3.63) is 46.1 Å². The molecule has 1 aromatic carbocycles. The Morgan fingerprint density at radius 3 is 2.25 bits per heavy atom. The van der Waals surface area contributed by atoms with E-state index in [4.69, 9.17) is 0 Å². The molecule has 0 aliphatic rings. The number of benzene rings is 1. The third-order valence-electron chi connectivity index (χ3n) is 5.50. The number of rotatable bonds is 14. The molecular weight excluding hydrogens is 406 g/mol. The molecule has 0 heterocycles. The number of carbonyl (C=O) groups is 1. The summed E-state index contributed by atoms with van der Waals surface area (Å²) in [5.41, 5.74) is 3.48. The smallest absolute Gasteiger partial charge is 0.258 e. The average molecular weight is 448 g/mol. The Morgan fingerprint density at radius 2 is 1.69 bits per heavy atom. The maximum atomic E-state index is 13.2. The molecule has 0 radical (unpaired) electrons. The van der Waals surface area contributed by atoms with Crippen molar-refractivity contribution in [3.63, 3.8) is 0 Å². The van der Waals surface area contributed by atoms with E-state index in [0.717, 1.165) is 37.7 Å². The second-order valence-electron chi connectivity index (χ2n) is 8.53. The van der Waals surface area contributed by atoms with Gasteiger partial charge in [-0.05, 0) is 64.5 Å². The Labute approximate surface area is 192 Å². The lowest BCUT2D eigenvalue weighted by atomic mass is 9.94. The zero-order valence-electron chi connectivity index (χ0n) is 20.2. The van der Waals surface area contributed by atoms with Crippen LogP contribution in [0.4, 0.5) is 0 Å². The van der Waals surface area contributed by atoms with Gasteiger partial charge in [0.15, 0.2) is 0 Å². The van der Waals surface area contributed by atoms with Crippen LogP contribution in [-0.2, 0) is 12.8 Å². The third-order valence-corrected chi connectivity index (χ3v) is 5.50. The number of nitrogens with zero attached hydrogens (tertiary/aromatic N) is 1.